The van der Waals surface area contributed by atoms with E-state index in [9.17, 15) is 18.8 Å². The summed E-state index contributed by atoms with van der Waals surface area (Å²) in [6.07, 6.45) is 1.29. The van der Waals surface area contributed by atoms with Crippen LogP contribution in [0.2, 0.25) is 0 Å². The van der Waals surface area contributed by atoms with Gasteiger partial charge in [0, 0.05) is 17.8 Å². The number of benzene rings is 1. The van der Waals surface area contributed by atoms with Crippen LogP contribution in [0.4, 0.5) is 14.9 Å². The lowest BCUT2D eigenvalue weighted by Gasteiger charge is -2.06. The van der Waals surface area contributed by atoms with Crippen molar-refractivity contribution >= 4 is 23.6 Å². The summed E-state index contributed by atoms with van der Waals surface area (Å²) < 4.78 is 13.0. The number of halogens is 1. The van der Waals surface area contributed by atoms with E-state index >= 15 is 0 Å². The van der Waals surface area contributed by atoms with Gasteiger partial charge in [-0.25, -0.2) is 14.0 Å². The maximum absolute atomic E-state index is 13.0. The van der Waals surface area contributed by atoms with Crippen LogP contribution in [0.25, 0.3) is 0 Å². The molecule has 7 heteroatoms. The SMILES string of the molecule is Cc1cc(F)cc(NC(=O)NC(=O)C=CC(=O)O)c1. The minimum absolute atomic E-state index is 0.185. The Hall–Kier alpha value is -2.70. The van der Waals surface area contributed by atoms with E-state index in [-0.39, 0.29) is 5.69 Å². The van der Waals surface area contributed by atoms with Gasteiger partial charge in [-0.1, -0.05) is 0 Å². The van der Waals surface area contributed by atoms with E-state index in [1.807, 2.05) is 5.32 Å². The molecule has 0 spiro atoms. The van der Waals surface area contributed by atoms with Gasteiger partial charge in [-0.2, -0.15) is 0 Å². The lowest BCUT2D eigenvalue weighted by molar-refractivity contribution is -0.131. The Kier molecular flexibility index (Phi) is 4.76. The monoisotopic (exact) mass is 266 g/mol. The van der Waals surface area contributed by atoms with Gasteiger partial charge in [0.15, 0.2) is 0 Å². The van der Waals surface area contributed by atoms with Crippen molar-refractivity contribution in [3.05, 3.63) is 41.7 Å². The van der Waals surface area contributed by atoms with E-state index in [1.54, 1.807) is 6.92 Å². The van der Waals surface area contributed by atoms with Crippen LogP contribution < -0.4 is 10.6 Å². The number of aliphatic carboxylic acids is 1. The fourth-order valence-corrected chi connectivity index (χ4v) is 1.27. The quantitative estimate of drug-likeness (QED) is 0.721. The van der Waals surface area contributed by atoms with Gasteiger partial charge >= 0.3 is 12.0 Å². The molecule has 3 N–H and O–H groups in total. The predicted octanol–water partition coefficient (Wildman–Crippen LogP) is 1.42. The number of nitrogens with one attached hydrogen (secondary N) is 2. The van der Waals surface area contributed by atoms with Crippen LogP contribution >= 0.6 is 0 Å². The molecule has 0 aliphatic heterocycles. The van der Waals surface area contributed by atoms with Gasteiger partial charge in [0.25, 0.3) is 5.91 Å². The summed E-state index contributed by atoms with van der Waals surface area (Å²) >= 11 is 0. The van der Waals surface area contributed by atoms with Gasteiger partial charge in [0.2, 0.25) is 0 Å². The van der Waals surface area contributed by atoms with Crippen LogP contribution in [0.15, 0.2) is 30.4 Å². The molecule has 0 aliphatic rings. The Balaban J connectivity index is 2.60. The number of aryl methyl sites for hydroxylation is 1. The second kappa shape index (κ2) is 6.29. The number of hydrogen-bond acceptors (Lipinski definition) is 3. The van der Waals surface area contributed by atoms with E-state index in [1.165, 1.54) is 12.1 Å². The molecule has 1 rings (SSSR count). The highest BCUT2D eigenvalue weighted by molar-refractivity contribution is 6.06. The molecule has 0 fully saturated rings. The summed E-state index contributed by atoms with van der Waals surface area (Å²) in [5, 5.41) is 12.4. The molecule has 0 radical (unpaired) electrons. The van der Waals surface area contributed by atoms with Crippen molar-refractivity contribution in [2.75, 3.05) is 5.32 Å². The van der Waals surface area contributed by atoms with Crippen LogP contribution in [-0.2, 0) is 9.59 Å². The molecule has 1 aromatic rings. The average molecular weight is 266 g/mol. The molecule has 0 heterocycles. The molecule has 3 amide bonds. The maximum Gasteiger partial charge on any atom is 0.328 e. The van der Waals surface area contributed by atoms with Crippen LogP contribution in [0.3, 0.4) is 0 Å². The average Bonchev–Trinajstić information content (AvgIpc) is 2.24. The van der Waals surface area contributed by atoms with Crippen molar-refractivity contribution in [2.45, 2.75) is 6.92 Å². The molecule has 0 unspecified atom stereocenters. The number of carboxylic acid groups (broad SMARTS) is 1. The number of carbonyl (C=O) groups excluding carboxylic acids is 2. The van der Waals surface area contributed by atoms with Crippen molar-refractivity contribution in [1.29, 1.82) is 0 Å². The smallest absolute Gasteiger partial charge is 0.328 e. The van der Waals surface area contributed by atoms with Crippen LogP contribution in [-0.4, -0.2) is 23.0 Å². The summed E-state index contributed by atoms with van der Waals surface area (Å²) in [6, 6.07) is 3.00. The largest absolute Gasteiger partial charge is 0.478 e. The first kappa shape index (κ1) is 14.4. The number of imide groups is 1. The molecule has 0 saturated heterocycles. The van der Waals surface area contributed by atoms with Crippen molar-refractivity contribution in [2.24, 2.45) is 0 Å². The van der Waals surface area contributed by atoms with Crippen molar-refractivity contribution < 1.29 is 23.9 Å². The van der Waals surface area contributed by atoms with E-state index in [0.29, 0.717) is 17.7 Å². The van der Waals surface area contributed by atoms with Gasteiger partial charge in [-0.15, -0.1) is 0 Å². The van der Waals surface area contributed by atoms with Gasteiger partial charge in [-0.05, 0) is 30.7 Å². The lowest BCUT2D eigenvalue weighted by Crippen LogP contribution is -2.33. The standard InChI is InChI=1S/C12H11FN2O4/c1-7-4-8(13)6-9(5-7)14-12(19)15-10(16)2-3-11(17)18/h2-6H,1H3,(H,17,18)(H2,14,15,16,19). The highest BCUT2D eigenvalue weighted by atomic mass is 19.1. The lowest BCUT2D eigenvalue weighted by atomic mass is 10.2. The number of carbonyl (C=O) groups is 3. The number of urea groups is 1. The molecule has 100 valence electrons. The summed E-state index contributed by atoms with van der Waals surface area (Å²) in [5.74, 6) is -2.73. The van der Waals surface area contributed by atoms with Crippen LogP contribution in [0, 0.1) is 12.7 Å². The topological polar surface area (TPSA) is 95.5 Å². The maximum atomic E-state index is 13.0. The van der Waals surface area contributed by atoms with E-state index in [2.05, 4.69) is 5.32 Å². The molecule has 0 aromatic heterocycles. The first-order chi connectivity index (χ1) is 8.86. The Labute approximate surface area is 107 Å². The Morgan fingerprint density at radius 1 is 1.21 bits per heavy atom. The third-order valence-corrected chi connectivity index (χ3v) is 1.91. The second-order valence-electron chi connectivity index (χ2n) is 3.63. The normalized spacial score (nSPS) is 10.2. The zero-order chi connectivity index (χ0) is 14.4. The first-order valence-corrected chi connectivity index (χ1v) is 5.17. The van der Waals surface area contributed by atoms with E-state index in [4.69, 9.17) is 5.11 Å². The molecule has 0 saturated carbocycles. The molecule has 1 aromatic carbocycles. The summed E-state index contributed by atoms with van der Waals surface area (Å²) in [5.41, 5.74) is 0.789. The van der Waals surface area contributed by atoms with Crippen molar-refractivity contribution in [3.8, 4) is 0 Å². The number of anilines is 1. The van der Waals surface area contributed by atoms with E-state index in [0.717, 1.165) is 6.07 Å². The Bertz CT molecular complexity index is 534. The summed E-state index contributed by atoms with van der Waals surface area (Å²) in [6.45, 7) is 1.65. The zero-order valence-electron chi connectivity index (χ0n) is 9.94. The summed E-state index contributed by atoms with van der Waals surface area (Å²) in [7, 11) is 0. The minimum atomic E-state index is -1.31. The van der Waals surface area contributed by atoms with Crippen LogP contribution in [0.5, 0.6) is 0 Å². The van der Waals surface area contributed by atoms with Gasteiger partial charge in [0.05, 0.1) is 0 Å². The second-order valence-corrected chi connectivity index (χ2v) is 3.63. The molecular formula is C12H11FN2O4. The molecular weight excluding hydrogens is 255 g/mol. The van der Waals surface area contributed by atoms with Gasteiger partial charge < -0.3 is 10.4 Å². The molecule has 0 aliphatic carbocycles. The fraction of sp³-hybridized carbons (Fsp3) is 0.0833. The van der Waals surface area contributed by atoms with E-state index < -0.39 is 23.7 Å². The first-order valence-electron chi connectivity index (χ1n) is 5.17. The van der Waals surface area contributed by atoms with Crippen LogP contribution in [0.1, 0.15) is 5.56 Å². The van der Waals surface area contributed by atoms with Gasteiger partial charge in [0.1, 0.15) is 5.82 Å². The van der Waals surface area contributed by atoms with Crippen molar-refractivity contribution in [1.82, 2.24) is 5.32 Å². The molecule has 0 bridgehead atoms. The summed E-state index contributed by atoms with van der Waals surface area (Å²) in [4.78, 5) is 32.6. The Morgan fingerprint density at radius 2 is 1.89 bits per heavy atom. The van der Waals surface area contributed by atoms with Gasteiger partial charge in [-0.3, -0.25) is 10.1 Å². The minimum Gasteiger partial charge on any atom is -0.478 e. The zero-order valence-corrected chi connectivity index (χ0v) is 9.94. The fourth-order valence-electron chi connectivity index (χ4n) is 1.27. The Morgan fingerprint density at radius 3 is 2.47 bits per heavy atom. The molecule has 0 atom stereocenters. The number of hydrogen-bond donors (Lipinski definition) is 3. The number of carboxylic acids is 1. The third-order valence-electron chi connectivity index (χ3n) is 1.91. The third kappa shape index (κ3) is 5.44. The molecule has 6 nitrogen and oxygen atoms in total. The predicted molar refractivity (Wildman–Crippen MR) is 65.1 cm³/mol. The number of rotatable bonds is 3. The number of amides is 3. The highest BCUT2D eigenvalue weighted by Crippen LogP contribution is 2.12. The highest BCUT2D eigenvalue weighted by Gasteiger charge is 2.06. The molecule has 19 heavy (non-hydrogen) atoms. The van der Waals surface area contributed by atoms with Crippen molar-refractivity contribution in [3.63, 3.8) is 0 Å².